The van der Waals surface area contributed by atoms with Crippen molar-refractivity contribution in [3.8, 4) is 0 Å². The zero-order valence-corrected chi connectivity index (χ0v) is 12.4. The average Bonchev–Trinajstić information content (AvgIpc) is 2.71. The second kappa shape index (κ2) is 7.12. The first-order valence-corrected chi connectivity index (χ1v) is 7.41. The summed E-state index contributed by atoms with van der Waals surface area (Å²) in [4.78, 5) is 20.1. The molecule has 0 aromatic carbocycles. The number of rotatable bonds is 4. The molecule has 1 saturated heterocycles. The maximum atomic E-state index is 11.5. The predicted octanol–water partition coefficient (Wildman–Crippen LogP) is 1.96. The lowest BCUT2D eigenvalue weighted by molar-refractivity contribution is -0.128. The van der Waals surface area contributed by atoms with E-state index in [-0.39, 0.29) is 5.91 Å². The molecule has 110 valence electrons. The minimum atomic E-state index is 0.173. The topological polar surface area (TPSA) is 48.5 Å². The molecule has 1 fully saturated rings. The third kappa shape index (κ3) is 3.85. The first kappa shape index (κ1) is 14.6. The third-order valence-electron chi connectivity index (χ3n) is 3.61. The van der Waals surface area contributed by atoms with Crippen LogP contribution in [0, 0.1) is 0 Å². The van der Waals surface area contributed by atoms with Crippen LogP contribution in [0.1, 0.15) is 26.7 Å². The van der Waals surface area contributed by atoms with Gasteiger partial charge >= 0.3 is 0 Å². The molecule has 1 aromatic rings. The van der Waals surface area contributed by atoms with Gasteiger partial charge in [0.2, 0.25) is 5.91 Å². The van der Waals surface area contributed by atoms with Crippen molar-refractivity contribution in [2.75, 3.05) is 42.9 Å². The van der Waals surface area contributed by atoms with E-state index in [0.717, 1.165) is 51.4 Å². The van der Waals surface area contributed by atoms with Gasteiger partial charge in [-0.15, -0.1) is 0 Å². The Morgan fingerprint density at radius 3 is 2.95 bits per heavy atom. The number of nitrogens with zero attached hydrogens (tertiary/aromatic N) is 3. The molecular weight excluding hydrogens is 252 g/mol. The number of hydrogen-bond donors (Lipinski definition) is 1. The molecule has 2 rings (SSSR count). The Kier molecular flexibility index (Phi) is 5.21. The standard InChI is InChI=1S/C15H24N4O/c1-3-6-16-15-12-14(5-7-17-15)19-9-4-8-18(10-11-19)13(2)20/h5,7,12H,3-4,6,8-11H2,1-2H3,(H,16,17). The van der Waals surface area contributed by atoms with Gasteiger partial charge in [-0.1, -0.05) is 6.92 Å². The normalized spacial score (nSPS) is 15.9. The fourth-order valence-electron chi connectivity index (χ4n) is 2.46. The van der Waals surface area contributed by atoms with Gasteiger partial charge in [-0.3, -0.25) is 4.79 Å². The molecule has 0 bridgehead atoms. The maximum Gasteiger partial charge on any atom is 0.219 e. The zero-order chi connectivity index (χ0) is 14.4. The van der Waals surface area contributed by atoms with Crippen molar-refractivity contribution in [2.24, 2.45) is 0 Å². The number of aromatic nitrogens is 1. The Labute approximate surface area is 121 Å². The van der Waals surface area contributed by atoms with Crippen molar-refractivity contribution in [3.05, 3.63) is 18.3 Å². The highest BCUT2D eigenvalue weighted by atomic mass is 16.2. The summed E-state index contributed by atoms with van der Waals surface area (Å²) >= 11 is 0. The van der Waals surface area contributed by atoms with E-state index in [1.807, 2.05) is 17.2 Å². The largest absolute Gasteiger partial charge is 0.370 e. The van der Waals surface area contributed by atoms with Crippen LogP contribution in [0.5, 0.6) is 0 Å². The van der Waals surface area contributed by atoms with E-state index < -0.39 is 0 Å². The molecule has 0 spiro atoms. The van der Waals surface area contributed by atoms with Crippen molar-refractivity contribution in [1.29, 1.82) is 0 Å². The fourth-order valence-corrected chi connectivity index (χ4v) is 2.46. The van der Waals surface area contributed by atoms with Gasteiger partial charge in [-0.2, -0.15) is 0 Å². The Hall–Kier alpha value is -1.78. The zero-order valence-electron chi connectivity index (χ0n) is 12.4. The van der Waals surface area contributed by atoms with Gasteiger partial charge in [0.1, 0.15) is 5.82 Å². The molecule has 5 nitrogen and oxygen atoms in total. The summed E-state index contributed by atoms with van der Waals surface area (Å²) in [5.74, 6) is 1.10. The van der Waals surface area contributed by atoms with Crippen LogP contribution in [-0.4, -0.2) is 48.5 Å². The van der Waals surface area contributed by atoms with Crippen LogP contribution in [-0.2, 0) is 4.79 Å². The lowest BCUT2D eigenvalue weighted by Crippen LogP contribution is -2.33. The highest BCUT2D eigenvalue weighted by molar-refractivity contribution is 5.73. The number of carbonyl (C=O) groups is 1. The van der Waals surface area contributed by atoms with Crippen LogP contribution >= 0.6 is 0 Å². The number of carbonyl (C=O) groups excluding carboxylic acids is 1. The van der Waals surface area contributed by atoms with Crippen molar-refractivity contribution >= 4 is 17.4 Å². The van der Waals surface area contributed by atoms with Crippen molar-refractivity contribution in [1.82, 2.24) is 9.88 Å². The predicted molar refractivity (Wildman–Crippen MR) is 82.1 cm³/mol. The molecule has 1 aliphatic heterocycles. The molecule has 2 heterocycles. The van der Waals surface area contributed by atoms with Gasteiger partial charge in [0.25, 0.3) is 0 Å². The lowest BCUT2D eigenvalue weighted by atomic mass is 10.3. The minimum absolute atomic E-state index is 0.173. The van der Waals surface area contributed by atoms with Crippen LogP contribution in [0.2, 0.25) is 0 Å². The summed E-state index contributed by atoms with van der Waals surface area (Å²) in [5.41, 5.74) is 1.18. The molecule has 1 aliphatic rings. The summed E-state index contributed by atoms with van der Waals surface area (Å²) < 4.78 is 0. The molecule has 20 heavy (non-hydrogen) atoms. The van der Waals surface area contributed by atoms with Crippen LogP contribution in [0.3, 0.4) is 0 Å². The van der Waals surface area contributed by atoms with Gasteiger partial charge in [0.15, 0.2) is 0 Å². The molecular formula is C15H24N4O. The van der Waals surface area contributed by atoms with Crippen molar-refractivity contribution < 1.29 is 4.79 Å². The summed E-state index contributed by atoms with van der Waals surface area (Å²) in [6.07, 6.45) is 3.95. The molecule has 1 N–H and O–H groups in total. The van der Waals surface area contributed by atoms with Gasteiger partial charge in [-0.05, 0) is 18.9 Å². The highest BCUT2D eigenvalue weighted by Crippen LogP contribution is 2.19. The highest BCUT2D eigenvalue weighted by Gasteiger charge is 2.16. The van der Waals surface area contributed by atoms with E-state index in [4.69, 9.17) is 0 Å². The van der Waals surface area contributed by atoms with E-state index in [1.54, 1.807) is 6.92 Å². The van der Waals surface area contributed by atoms with Gasteiger partial charge in [0, 0.05) is 57.6 Å². The number of amides is 1. The molecule has 0 aliphatic carbocycles. The Morgan fingerprint density at radius 1 is 1.35 bits per heavy atom. The van der Waals surface area contributed by atoms with E-state index >= 15 is 0 Å². The summed E-state index contributed by atoms with van der Waals surface area (Å²) in [6.45, 7) is 8.26. The second-order valence-corrected chi connectivity index (χ2v) is 5.17. The number of hydrogen-bond acceptors (Lipinski definition) is 4. The van der Waals surface area contributed by atoms with Crippen LogP contribution in [0.25, 0.3) is 0 Å². The minimum Gasteiger partial charge on any atom is -0.370 e. The first-order valence-electron chi connectivity index (χ1n) is 7.41. The van der Waals surface area contributed by atoms with Gasteiger partial charge in [0.05, 0.1) is 0 Å². The van der Waals surface area contributed by atoms with Crippen LogP contribution < -0.4 is 10.2 Å². The molecule has 0 radical (unpaired) electrons. The average molecular weight is 276 g/mol. The number of pyridine rings is 1. The van der Waals surface area contributed by atoms with E-state index in [2.05, 4.69) is 28.2 Å². The maximum absolute atomic E-state index is 11.5. The number of anilines is 2. The van der Waals surface area contributed by atoms with Gasteiger partial charge in [-0.25, -0.2) is 4.98 Å². The third-order valence-corrected chi connectivity index (χ3v) is 3.61. The SMILES string of the molecule is CCCNc1cc(N2CCCN(C(C)=O)CC2)ccn1. The quantitative estimate of drug-likeness (QED) is 0.913. The molecule has 0 unspecified atom stereocenters. The van der Waals surface area contributed by atoms with E-state index in [9.17, 15) is 4.79 Å². The number of nitrogens with one attached hydrogen (secondary N) is 1. The van der Waals surface area contributed by atoms with Crippen molar-refractivity contribution in [2.45, 2.75) is 26.7 Å². The summed E-state index contributed by atoms with van der Waals surface area (Å²) in [7, 11) is 0. The van der Waals surface area contributed by atoms with E-state index in [1.165, 1.54) is 5.69 Å². The smallest absolute Gasteiger partial charge is 0.219 e. The van der Waals surface area contributed by atoms with E-state index in [0.29, 0.717) is 0 Å². The van der Waals surface area contributed by atoms with Crippen LogP contribution in [0.15, 0.2) is 18.3 Å². The molecule has 0 saturated carbocycles. The second-order valence-electron chi connectivity index (χ2n) is 5.17. The van der Waals surface area contributed by atoms with Crippen LogP contribution in [0.4, 0.5) is 11.5 Å². The molecule has 1 amide bonds. The summed E-state index contributed by atoms with van der Waals surface area (Å²) in [6, 6.07) is 4.14. The Morgan fingerprint density at radius 2 is 2.20 bits per heavy atom. The molecule has 5 heteroatoms. The Balaban J connectivity index is 2.02. The van der Waals surface area contributed by atoms with Crippen molar-refractivity contribution in [3.63, 3.8) is 0 Å². The monoisotopic (exact) mass is 276 g/mol. The first-order chi connectivity index (χ1) is 9.70. The van der Waals surface area contributed by atoms with Gasteiger partial charge < -0.3 is 15.1 Å². The lowest BCUT2D eigenvalue weighted by Gasteiger charge is -2.23. The molecule has 0 atom stereocenters. The molecule has 1 aromatic heterocycles. The Bertz CT molecular complexity index is 449. The fraction of sp³-hybridized carbons (Fsp3) is 0.600. The summed E-state index contributed by atoms with van der Waals surface area (Å²) in [5, 5.41) is 3.31.